The predicted octanol–water partition coefficient (Wildman–Crippen LogP) is 5.15. The van der Waals surface area contributed by atoms with E-state index in [1.807, 2.05) is 6.92 Å². The highest BCUT2D eigenvalue weighted by molar-refractivity contribution is 7.92. The smallest absolute Gasteiger partial charge is 0.341 e. The van der Waals surface area contributed by atoms with Crippen LogP contribution in [0.2, 0.25) is 0 Å². The number of carboxylic acid groups (broad SMARTS) is 1. The highest BCUT2D eigenvalue weighted by atomic mass is 32.2. The van der Waals surface area contributed by atoms with Gasteiger partial charge >= 0.3 is 5.97 Å². The number of ether oxygens (including phenoxy) is 1. The van der Waals surface area contributed by atoms with Crippen LogP contribution in [0.3, 0.4) is 0 Å². The molecule has 8 nitrogen and oxygen atoms in total. The van der Waals surface area contributed by atoms with Crippen LogP contribution in [0.4, 0.5) is 14.5 Å². The molecule has 1 atom stereocenters. The van der Waals surface area contributed by atoms with Gasteiger partial charge in [-0.3, -0.25) is 4.72 Å². The average molecular weight is 519 g/mol. The zero-order valence-corrected chi connectivity index (χ0v) is 20.3. The third-order valence-electron chi connectivity index (χ3n) is 5.90. The Bertz CT molecular complexity index is 1480. The summed E-state index contributed by atoms with van der Waals surface area (Å²) in [4.78, 5) is 11.9. The molecule has 1 aliphatic rings. The summed E-state index contributed by atoms with van der Waals surface area (Å²) in [5.41, 5.74) is 6.04. The number of carboxylic acids is 1. The SMILES string of the molecule is CCC(=CC(N)CC)c1cc(F)ccc1S(=O)(=O)Nc1ccc2c(c1C(=O)O)OCc1occ(F)c1-2. The lowest BCUT2D eigenvalue weighted by Crippen LogP contribution is -2.19. The van der Waals surface area contributed by atoms with Crippen LogP contribution in [0.1, 0.15) is 48.4 Å². The molecule has 0 saturated carbocycles. The van der Waals surface area contributed by atoms with Crippen molar-refractivity contribution in [1.82, 2.24) is 0 Å². The Morgan fingerprint density at radius 2 is 2.00 bits per heavy atom. The number of halogens is 2. The molecule has 0 bridgehead atoms. The summed E-state index contributed by atoms with van der Waals surface area (Å²) in [5, 5.41) is 9.90. The first-order valence-corrected chi connectivity index (χ1v) is 12.6. The molecule has 0 saturated heterocycles. The van der Waals surface area contributed by atoms with Crippen molar-refractivity contribution in [3.05, 3.63) is 71.2 Å². The molecule has 4 rings (SSSR count). The molecule has 0 radical (unpaired) electrons. The molecule has 0 amide bonds. The van der Waals surface area contributed by atoms with Gasteiger partial charge in [-0.25, -0.2) is 22.0 Å². The van der Waals surface area contributed by atoms with Gasteiger partial charge in [0.15, 0.2) is 11.6 Å². The summed E-state index contributed by atoms with van der Waals surface area (Å²) in [6.45, 7) is 3.42. The van der Waals surface area contributed by atoms with Crippen molar-refractivity contribution >= 4 is 27.3 Å². The molecule has 190 valence electrons. The van der Waals surface area contributed by atoms with Gasteiger partial charge in [-0.2, -0.15) is 0 Å². The maximum absolute atomic E-state index is 14.3. The molecule has 0 fully saturated rings. The first kappa shape index (κ1) is 25.4. The Labute approximate surface area is 206 Å². The summed E-state index contributed by atoms with van der Waals surface area (Å²) in [7, 11) is -4.41. The number of sulfonamides is 1. The number of hydrogen-bond donors (Lipinski definition) is 3. The number of aromatic carboxylic acids is 1. The first-order valence-electron chi connectivity index (χ1n) is 11.2. The van der Waals surface area contributed by atoms with Crippen molar-refractivity contribution in [3.63, 3.8) is 0 Å². The summed E-state index contributed by atoms with van der Waals surface area (Å²) in [5.74, 6) is -2.83. The van der Waals surface area contributed by atoms with Crippen LogP contribution in [0.25, 0.3) is 16.7 Å². The predicted molar refractivity (Wildman–Crippen MR) is 129 cm³/mol. The van der Waals surface area contributed by atoms with E-state index in [2.05, 4.69) is 4.72 Å². The van der Waals surface area contributed by atoms with Gasteiger partial charge in [0.05, 0.1) is 16.1 Å². The maximum Gasteiger partial charge on any atom is 0.341 e. The normalized spacial score (nSPS) is 14.0. The number of nitrogens with one attached hydrogen (secondary N) is 1. The number of fused-ring (bicyclic) bond motifs is 3. The molecule has 1 aromatic heterocycles. The van der Waals surface area contributed by atoms with Crippen LogP contribution < -0.4 is 15.2 Å². The van der Waals surface area contributed by atoms with E-state index in [9.17, 15) is 27.1 Å². The highest BCUT2D eigenvalue weighted by Crippen LogP contribution is 2.45. The molecule has 1 unspecified atom stereocenters. The minimum atomic E-state index is -4.41. The van der Waals surface area contributed by atoms with Crippen molar-refractivity contribution in [2.24, 2.45) is 5.73 Å². The summed E-state index contributed by atoms with van der Waals surface area (Å²) in [6.07, 6.45) is 3.54. The summed E-state index contributed by atoms with van der Waals surface area (Å²) < 4.78 is 68.3. The van der Waals surface area contributed by atoms with E-state index in [1.54, 1.807) is 13.0 Å². The Morgan fingerprint density at radius 3 is 2.67 bits per heavy atom. The van der Waals surface area contributed by atoms with E-state index in [-0.39, 0.29) is 51.4 Å². The standard InChI is InChI=1S/C25H24F2N2O6S/c1-3-13(9-15(28)4-2)17-10-14(26)5-8-21(17)36(32,33)29-19-7-6-16-22-18(27)11-34-20(22)12-35-24(16)23(19)25(30)31/h5-11,15,29H,3-4,12,28H2,1-2H3,(H,30,31). The minimum Gasteiger partial charge on any atom is -0.484 e. The van der Waals surface area contributed by atoms with Crippen molar-refractivity contribution in [3.8, 4) is 16.9 Å². The molecule has 2 heterocycles. The second-order valence-electron chi connectivity index (χ2n) is 8.20. The van der Waals surface area contributed by atoms with E-state index in [0.29, 0.717) is 18.4 Å². The van der Waals surface area contributed by atoms with E-state index in [4.69, 9.17) is 14.9 Å². The number of furan rings is 1. The number of benzene rings is 2. The van der Waals surface area contributed by atoms with Gasteiger partial charge in [0.25, 0.3) is 10.0 Å². The molecule has 4 N–H and O–H groups in total. The number of anilines is 1. The van der Waals surface area contributed by atoms with E-state index < -0.39 is 33.2 Å². The third kappa shape index (κ3) is 4.59. The molecule has 1 aliphatic heterocycles. The van der Waals surface area contributed by atoms with E-state index in [1.165, 1.54) is 12.1 Å². The number of allylic oxidation sites excluding steroid dienone is 1. The lowest BCUT2D eigenvalue weighted by atomic mass is 9.98. The minimum absolute atomic E-state index is 0.0546. The second-order valence-corrected chi connectivity index (χ2v) is 9.85. The summed E-state index contributed by atoms with van der Waals surface area (Å²) in [6, 6.07) is 5.40. The number of carbonyl (C=O) groups is 1. The molecule has 36 heavy (non-hydrogen) atoms. The number of nitrogens with two attached hydrogens (primary N) is 1. The Morgan fingerprint density at radius 1 is 1.25 bits per heavy atom. The van der Waals surface area contributed by atoms with Gasteiger partial charge in [-0.1, -0.05) is 19.9 Å². The largest absolute Gasteiger partial charge is 0.484 e. The fourth-order valence-electron chi connectivity index (χ4n) is 4.09. The Balaban J connectivity index is 1.83. The van der Waals surface area contributed by atoms with E-state index in [0.717, 1.165) is 24.5 Å². The van der Waals surface area contributed by atoms with Crippen molar-refractivity contribution in [1.29, 1.82) is 0 Å². The van der Waals surface area contributed by atoms with Crippen LogP contribution in [0, 0.1) is 11.6 Å². The van der Waals surface area contributed by atoms with E-state index >= 15 is 0 Å². The molecule has 11 heteroatoms. The fourth-order valence-corrected chi connectivity index (χ4v) is 5.38. The number of rotatable bonds is 8. The Kier molecular flexibility index (Phi) is 6.87. The molecular weight excluding hydrogens is 494 g/mol. The van der Waals surface area contributed by atoms with Crippen LogP contribution in [-0.2, 0) is 16.6 Å². The van der Waals surface area contributed by atoms with Gasteiger partial charge in [-0.15, -0.1) is 0 Å². The Hall–Kier alpha value is -3.70. The van der Waals surface area contributed by atoms with Crippen LogP contribution >= 0.6 is 0 Å². The van der Waals surface area contributed by atoms with Gasteiger partial charge in [0, 0.05) is 17.2 Å². The van der Waals surface area contributed by atoms with Crippen molar-refractivity contribution in [2.75, 3.05) is 4.72 Å². The van der Waals surface area contributed by atoms with Gasteiger partial charge in [0.1, 0.15) is 30.0 Å². The molecule has 2 aromatic carbocycles. The van der Waals surface area contributed by atoms with Crippen molar-refractivity contribution in [2.45, 2.75) is 44.2 Å². The fraction of sp³-hybridized carbons (Fsp3) is 0.240. The lowest BCUT2D eigenvalue weighted by molar-refractivity contribution is 0.0692. The number of hydrogen-bond acceptors (Lipinski definition) is 6. The highest BCUT2D eigenvalue weighted by Gasteiger charge is 2.32. The quantitative estimate of drug-likeness (QED) is 0.376. The molecular formula is C25H24F2N2O6S. The van der Waals surface area contributed by atoms with Crippen LogP contribution in [0.5, 0.6) is 5.75 Å². The van der Waals surface area contributed by atoms with Gasteiger partial charge in [-0.05, 0) is 48.7 Å². The van der Waals surface area contributed by atoms with Crippen LogP contribution in [-0.4, -0.2) is 25.5 Å². The monoisotopic (exact) mass is 518 g/mol. The van der Waals surface area contributed by atoms with Crippen LogP contribution in [0.15, 0.2) is 52.0 Å². The molecule has 0 spiro atoms. The van der Waals surface area contributed by atoms with Crippen molar-refractivity contribution < 1.29 is 36.3 Å². The zero-order chi connectivity index (χ0) is 26.2. The maximum atomic E-state index is 14.3. The van der Waals surface area contributed by atoms with Gasteiger partial charge < -0.3 is 20.0 Å². The zero-order valence-electron chi connectivity index (χ0n) is 19.5. The third-order valence-corrected chi connectivity index (χ3v) is 7.32. The topological polar surface area (TPSA) is 132 Å². The molecule has 0 aliphatic carbocycles. The first-order chi connectivity index (χ1) is 17.1. The second kappa shape index (κ2) is 9.75. The average Bonchev–Trinajstić information content (AvgIpc) is 3.22. The summed E-state index contributed by atoms with van der Waals surface area (Å²) >= 11 is 0. The lowest BCUT2D eigenvalue weighted by Gasteiger charge is -2.21. The molecule has 3 aromatic rings. The van der Waals surface area contributed by atoms with Gasteiger partial charge in [0.2, 0.25) is 0 Å².